The van der Waals surface area contributed by atoms with Crippen LogP contribution in [-0.4, -0.2) is 56.9 Å². The number of hydrogen-bond acceptors (Lipinski definition) is 5. The van der Waals surface area contributed by atoms with Crippen molar-refractivity contribution in [2.75, 3.05) is 26.8 Å². The Balaban J connectivity index is 1.61. The average molecular weight is 360 g/mol. The van der Waals surface area contributed by atoms with Gasteiger partial charge in [-0.1, -0.05) is 0 Å². The number of rotatable bonds is 8. The molecule has 8 nitrogen and oxygen atoms in total. The van der Waals surface area contributed by atoms with E-state index < -0.39 is 0 Å². The Morgan fingerprint density at radius 1 is 1.38 bits per heavy atom. The van der Waals surface area contributed by atoms with E-state index in [-0.39, 0.29) is 11.9 Å². The van der Waals surface area contributed by atoms with E-state index in [0.717, 1.165) is 37.7 Å². The van der Waals surface area contributed by atoms with Gasteiger partial charge in [-0.05, 0) is 13.8 Å². The fourth-order valence-electron chi connectivity index (χ4n) is 3.31. The van der Waals surface area contributed by atoms with Gasteiger partial charge in [0.25, 0.3) is 0 Å². The summed E-state index contributed by atoms with van der Waals surface area (Å²) in [6.45, 7) is 8.90. The number of aryl methyl sites for hydroxylation is 1. The number of ether oxygens (including phenoxy) is 1. The van der Waals surface area contributed by atoms with Crippen LogP contribution in [0.15, 0.2) is 18.6 Å². The first kappa shape index (κ1) is 18.6. The predicted molar refractivity (Wildman–Crippen MR) is 97.5 cm³/mol. The Bertz CT molecular complexity index is 738. The van der Waals surface area contributed by atoms with E-state index >= 15 is 0 Å². The van der Waals surface area contributed by atoms with Gasteiger partial charge in [-0.2, -0.15) is 5.10 Å². The van der Waals surface area contributed by atoms with Crippen LogP contribution in [0.4, 0.5) is 0 Å². The number of nitrogens with zero attached hydrogens (tertiary/aromatic N) is 5. The number of aromatic nitrogens is 4. The first-order chi connectivity index (χ1) is 12.6. The molecule has 0 saturated carbocycles. The number of imidazole rings is 1. The molecule has 142 valence electrons. The minimum absolute atomic E-state index is 0.0195. The quantitative estimate of drug-likeness (QED) is 0.710. The fraction of sp³-hybridized carbons (Fsp3) is 0.611. The van der Waals surface area contributed by atoms with Crippen LogP contribution in [0.3, 0.4) is 0 Å². The third-order valence-electron chi connectivity index (χ3n) is 4.77. The molecule has 0 aliphatic carbocycles. The van der Waals surface area contributed by atoms with Crippen molar-refractivity contribution in [1.82, 2.24) is 29.5 Å². The normalized spacial score (nSPS) is 17.3. The van der Waals surface area contributed by atoms with Crippen LogP contribution in [0, 0.1) is 0 Å². The number of carbonyl (C=O) groups excluding carboxylic acids is 1. The number of nitrogens with one attached hydrogen (secondary N) is 1. The molecule has 3 rings (SSSR count). The molecule has 2 aromatic rings. The molecule has 0 unspecified atom stereocenters. The zero-order valence-corrected chi connectivity index (χ0v) is 15.8. The van der Waals surface area contributed by atoms with Gasteiger partial charge in [0.15, 0.2) is 0 Å². The van der Waals surface area contributed by atoms with Gasteiger partial charge >= 0.3 is 0 Å². The number of fused-ring (bicyclic) bond motifs is 1. The lowest BCUT2D eigenvalue weighted by molar-refractivity contribution is -0.120. The smallest absolute Gasteiger partial charge is 0.226 e. The molecule has 0 radical (unpaired) electrons. The number of hydrogen-bond donors (Lipinski definition) is 1. The van der Waals surface area contributed by atoms with Crippen molar-refractivity contribution in [2.45, 2.75) is 45.9 Å². The highest BCUT2D eigenvalue weighted by molar-refractivity contribution is 5.78. The molecule has 2 aromatic heterocycles. The van der Waals surface area contributed by atoms with Gasteiger partial charge in [0.1, 0.15) is 5.82 Å². The standard InChI is InChI=1S/C18H28N6O2/c1-4-24-12-15(10-20-24)11-22-6-7-23-13-16(21-18(23)14(22)2)9-17(25)19-5-8-26-3/h10,12-14H,4-9,11H2,1-3H3,(H,19,25)/t14-/m1/s1. The molecule has 1 atom stereocenters. The molecule has 1 aliphatic rings. The minimum atomic E-state index is -0.0195. The van der Waals surface area contributed by atoms with Crippen LogP contribution in [0.5, 0.6) is 0 Å². The van der Waals surface area contributed by atoms with Gasteiger partial charge in [-0.15, -0.1) is 0 Å². The van der Waals surface area contributed by atoms with Gasteiger partial charge in [0.2, 0.25) is 5.91 Å². The molecule has 0 saturated heterocycles. The molecular formula is C18H28N6O2. The highest BCUT2D eigenvalue weighted by atomic mass is 16.5. The minimum Gasteiger partial charge on any atom is -0.383 e. The second-order valence-corrected chi connectivity index (χ2v) is 6.65. The lowest BCUT2D eigenvalue weighted by Gasteiger charge is -2.33. The summed E-state index contributed by atoms with van der Waals surface area (Å²) < 4.78 is 9.07. The molecule has 1 N–H and O–H groups in total. The molecule has 8 heteroatoms. The van der Waals surface area contributed by atoms with Crippen molar-refractivity contribution in [3.63, 3.8) is 0 Å². The van der Waals surface area contributed by atoms with E-state index in [9.17, 15) is 4.79 Å². The highest BCUT2D eigenvalue weighted by Gasteiger charge is 2.26. The van der Waals surface area contributed by atoms with Crippen LogP contribution in [0.25, 0.3) is 0 Å². The van der Waals surface area contributed by atoms with Crippen molar-refractivity contribution in [3.05, 3.63) is 35.7 Å². The van der Waals surface area contributed by atoms with Gasteiger partial charge in [0.05, 0.1) is 31.0 Å². The maximum Gasteiger partial charge on any atom is 0.226 e. The second-order valence-electron chi connectivity index (χ2n) is 6.65. The molecule has 0 bridgehead atoms. The maximum absolute atomic E-state index is 12.0. The van der Waals surface area contributed by atoms with Gasteiger partial charge in [0, 0.05) is 57.8 Å². The van der Waals surface area contributed by atoms with Crippen molar-refractivity contribution >= 4 is 5.91 Å². The summed E-state index contributed by atoms with van der Waals surface area (Å²) in [5.74, 6) is 1.01. The number of methoxy groups -OCH3 is 1. The van der Waals surface area contributed by atoms with Crippen LogP contribution in [-0.2, 0) is 35.6 Å². The summed E-state index contributed by atoms with van der Waals surface area (Å²) in [7, 11) is 1.62. The second kappa shape index (κ2) is 8.46. The van der Waals surface area contributed by atoms with E-state index in [0.29, 0.717) is 19.6 Å². The van der Waals surface area contributed by atoms with E-state index in [4.69, 9.17) is 9.72 Å². The third-order valence-corrected chi connectivity index (χ3v) is 4.77. The Morgan fingerprint density at radius 3 is 2.96 bits per heavy atom. The molecule has 1 aliphatic heterocycles. The average Bonchev–Trinajstić information content (AvgIpc) is 3.24. The summed E-state index contributed by atoms with van der Waals surface area (Å²) >= 11 is 0. The Morgan fingerprint density at radius 2 is 2.23 bits per heavy atom. The van der Waals surface area contributed by atoms with E-state index in [1.807, 2.05) is 17.1 Å². The monoisotopic (exact) mass is 360 g/mol. The summed E-state index contributed by atoms with van der Waals surface area (Å²) in [5, 5.41) is 7.19. The van der Waals surface area contributed by atoms with Crippen molar-refractivity contribution < 1.29 is 9.53 Å². The topological polar surface area (TPSA) is 77.2 Å². The largest absolute Gasteiger partial charge is 0.383 e. The van der Waals surface area contributed by atoms with Crippen molar-refractivity contribution in [2.24, 2.45) is 0 Å². The summed E-state index contributed by atoms with van der Waals surface area (Å²) in [6, 6.07) is 0.207. The van der Waals surface area contributed by atoms with Crippen molar-refractivity contribution in [1.29, 1.82) is 0 Å². The molecule has 0 fully saturated rings. The summed E-state index contributed by atoms with van der Waals surface area (Å²) in [5.41, 5.74) is 2.04. The Kier molecular flexibility index (Phi) is 6.05. The van der Waals surface area contributed by atoms with Crippen molar-refractivity contribution in [3.8, 4) is 0 Å². The van der Waals surface area contributed by atoms with Crippen LogP contribution < -0.4 is 5.32 Å². The third kappa shape index (κ3) is 4.31. The molecule has 0 aromatic carbocycles. The lowest BCUT2D eigenvalue weighted by atomic mass is 10.2. The Labute approximate surface area is 154 Å². The van der Waals surface area contributed by atoms with Gasteiger partial charge < -0.3 is 14.6 Å². The SMILES string of the molecule is CCn1cc(CN2CCn3cc(CC(=O)NCCOC)nc3[C@H]2C)cn1. The number of amides is 1. The molecule has 1 amide bonds. The zero-order valence-electron chi connectivity index (χ0n) is 15.8. The first-order valence-corrected chi connectivity index (χ1v) is 9.17. The molecule has 0 spiro atoms. The molecule has 26 heavy (non-hydrogen) atoms. The maximum atomic E-state index is 12.0. The first-order valence-electron chi connectivity index (χ1n) is 9.17. The van der Waals surface area contributed by atoms with Crippen LogP contribution >= 0.6 is 0 Å². The predicted octanol–water partition coefficient (Wildman–Crippen LogP) is 0.981. The lowest BCUT2D eigenvalue weighted by Crippen LogP contribution is -2.36. The summed E-state index contributed by atoms with van der Waals surface area (Å²) in [4.78, 5) is 19.1. The van der Waals surface area contributed by atoms with Crippen LogP contribution in [0.1, 0.15) is 37.0 Å². The highest BCUT2D eigenvalue weighted by Crippen LogP contribution is 2.26. The number of carbonyl (C=O) groups is 1. The van der Waals surface area contributed by atoms with E-state index in [1.165, 1.54) is 5.56 Å². The van der Waals surface area contributed by atoms with Gasteiger partial charge in [-0.25, -0.2) is 4.98 Å². The van der Waals surface area contributed by atoms with Gasteiger partial charge in [-0.3, -0.25) is 14.4 Å². The van der Waals surface area contributed by atoms with E-state index in [1.54, 1.807) is 7.11 Å². The Hall–Kier alpha value is -2.19. The van der Waals surface area contributed by atoms with E-state index in [2.05, 4.69) is 39.9 Å². The summed E-state index contributed by atoms with van der Waals surface area (Å²) in [6.07, 6.45) is 6.35. The molecular weight excluding hydrogens is 332 g/mol. The van der Waals surface area contributed by atoms with Crippen LogP contribution in [0.2, 0.25) is 0 Å². The fourth-order valence-corrected chi connectivity index (χ4v) is 3.31. The zero-order chi connectivity index (χ0) is 18.5. The molecule has 3 heterocycles.